The van der Waals surface area contributed by atoms with E-state index in [1.165, 1.54) is 5.56 Å². The number of hydrogen-bond donors (Lipinski definition) is 1. The Morgan fingerprint density at radius 3 is 2.35 bits per heavy atom. The molecular weight excluding hydrogens is 562 g/mol. The monoisotopic (exact) mass is 598 g/mol. The molecule has 11 heteroatoms. The fourth-order valence-corrected chi connectivity index (χ4v) is 5.44. The molecule has 2 unspecified atom stereocenters. The molecule has 2 amide bonds. The predicted molar refractivity (Wildman–Crippen MR) is 151 cm³/mol. The van der Waals surface area contributed by atoms with E-state index >= 15 is 0 Å². The lowest BCUT2D eigenvalue weighted by Crippen LogP contribution is -2.46. The van der Waals surface area contributed by atoms with Gasteiger partial charge in [0.05, 0.1) is 30.5 Å². The first kappa shape index (κ1) is 30.4. The summed E-state index contributed by atoms with van der Waals surface area (Å²) in [6.07, 6.45) is 2.37. The summed E-state index contributed by atoms with van der Waals surface area (Å²) in [5, 5.41) is 2.36. The molecule has 2 aliphatic heterocycles. The van der Waals surface area contributed by atoms with Crippen molar-refractivity contribution in [2.75, 3.05) is 19.7 Å². The van der Waals surface area contributed by atoms with Crippen LogP contribution in [0.1, 0.15) is 79.5 Å². The van der Waals surface area contributed by atoms with Crippen molar-refractivity contribution in [3.63, 3.8) is 0 Å². The van der Waals surface area contributed by atoms with Gasteiger partial charge in [0.2, 0.25) is 5.91 Å². The van der Waals surface area contributed by atoms with Gasteiger partial charge in [0, 0.05) is 13.5 Å². The maximum absolute atomic E-state index is 13.6. The van der Waals surface area contributed by atoms with Gasteiger partial charge < -0.3 is 24.4 Å². The van der Waals surface area contributed by atoms with Crippen molar-refractivity contribution < 1.29 is 42.2 Å². The minimum atomic E-state index is -3.54. The summed E-state index contributed by atoms with van der Waals surface area (Å²) in [6, 6.07) is 13.2. The Kier molecular flexibility index (Phi) is 8.98. The molecule has 0 radical (unpaired) electrons. The molecule has 2 aromatic carbocycles. The Labute approximate surface area is 248 Å². The summed E-state index contributed by atoms with van der Waals surface area (Å²) in [5.41, 5.74) is 2.20. The average molecular weight is 599 g/mol. The van der Waals surface area contributed by atoms with Crippen molar-refractivity contribution in [1.82, 2.24) is 10.2 Å². The fraction of sp³-hybridized carbons (Fsp3) is 0.500. The number of benzene rings is 2. The lowest BCUT2D eigenvalue weighted by Gasteiger charge is -2.33. The zero-order valence-electron chi connectivity index (χ0n) is 24.2. The van der Waals surface area contributed by atoms with E-state index in [0.29, 0.717) is 43.5 Å². The van der Waals surface area contributed by atoms with Crippen molar-refractivity contribution in [3.05, 3.63) is 65.2 Å². The molecule has 5 rings (SSSR count). The van der Waals surface area contributed by atoms with Gasteiger partial charge in [-0.05, 0) is 73.9 Å². The second kappa shape index (κ2) is 12.7. The van der Waals surface area contributed by atoms with Crippen LogP contribution in [0.4, 0.5) is 8.78 Å². The molecule has 0 bridgehead atoms. The molecule has 1 aliphatic carbocycles. The predicted octanol–water partition coefficient (Wildman–Crippen LogP) is 4.55. The van der Waals surface area contributed by atoms with Crippen LogP contribution in [-0.4, -0.2) is 66.4 Å². The number of carbonyl (C=O) groups is 4. The maximum atomic E-state index is 13.6. The van der Waals surface area contributed by atoms with Gasteiger partial charge in [0.1, 0.15) is 24.6 Å². The Morgan fingerprint density at radius 1 is 1.05 bits per heavy atom. The number of nitrogens with zero attached hydrogens (tertiary/aromatic N) is 1. The molecule has 1 saturated carbocycles. The van der Waals surface area contributed by atoms with Gasteiger partial charge in [0.15, 0.2) is 0 Å². The molecule has 230 valence electrons. The summed E-state index contributed by atoms with van der Waals surface area (Å²) in [7, 11) is 0. The Hall–Kier alpha value is -4.02. The van der Waals surface area contributed by atoms with E-state index in [-0.39, 0.29) is 37.0 Å². The topological polar surface area (TPSA) is 111 Å². The number of ether oxygens (including phenoxy) is 3. The first-order valence-corrected chi connectivity index (χ1v) is 14.7. The summed E-state index contributed by atoms with van der Waals surface area (Å²) in [5.74, 6) is -5.62. The number of cyclic esters (lactones) is 1. The van der Waals surface area contributed by atoms with Crippen LogP contribution >= 0.6 is 0 Å². The van der Waals surface area contributed by atoms with Crippen molar-refractivity contribution in [3.8, 4) is 5.75 Å². The highest BCUT2D eigenvalue weighted by Gasteiger charge is 2.37. The van der Waals surface area contributed by atoms with Crippen LogP contribution < -0.4 is 10.1 Å². The number of halogens is 2. The molecule has 3 aliphatic rings. The first-order chi connectivity index (χ1) is 20.5. The van der Waals surface area contributed by atoms with Gasteiger partial charge in [-0.25, -0.2) is 4.79 Å². The van der Waals surface area contributed by atoms with Crippen LogP contribution in [0.3, 0.4) is 0 Å². The van der Waals surface area contributed by atoms with Gasteiger partial charge in [-0.3, -0.25) is 14.4 Å². The highest BCUT2D eigenvalue weighted by atomic mass is 19.3. The van der Waals surface area contributed by atoms with E-state index in [4.69, 9.17) is 14.2 Å². The third-order valence-electron chi connectivity index (χ3n) is 8.05. The summed E-state index contributed by atoms with van der Waals surface area (Å²) < 4.78 is 44.0. The second-order valence-corrected chi connectivity index (χ2v) is 11.7. The summed E-state index contributed by atoms with van der Waals surface area (Å²) in [6.45, 7) is 3.00. The van der Waals surface area contributed by atoms with Gasteiger partial charge in [-0.1, -0.05) is 24.3 Å². The number of nitrogens with one attached hydrogen (secondary N) is 1. The van der Waals surface area contributed by atoms with Crippen LogP contribution in [0, 0.1) is 5.92 Å². The molecule has 0 aromatic heterocycles. The van der Waals surface area contributed by atoms with Gasteiger partial charge in [-0.15, -0.1) is 0 Å². The van der Waals surface area contributed by atoms with Gasteiger partial charge >= 0.3 is 17.9 Å². The van der Waals surface area contributed by atoms with Crippen molar-refractivity contribution in [1.29, 1.82) is 0 Å². The molecule has 43 heavy (non-hydrogen) atoms. The molecule has 0 spiro atoms. The van der Waals surface area contributed by atoms with Gasteiger partial charge in [-0.2, -0.15) is 8.78 Å². The second-order valence-electron chi connectivity index (χ2n) is 11.7. The Bertz CT molecular complexity index is 1340. The lowest BCUT2D eigenvalue weighted by molar-refractivity contribution is -0.144. The standard InChI is InChI=1S/C32H36F2N2O7/c1-19(35-31(40)32(2,33)34)28(22-9-7-21(8-10-22)20-5-6-20)42-25-13-11-23(12-14-25)30(39)43-26-4-3-15-36(17-26)29(38)24-16-27(37)41-18-24/h7-14,19-20,24,26,28H,3-6,15-18H2,1-2H3,(H,35,40)/t19?,24-,26+,28?/m1/s1. The minimum absolute atomic E-state index is 0.0665. The van der Waals surface area contributed by atoms with Gasteiger partial charge in [0.25, 0.3) is 5.91 Å². The number of esters is 2. The van der Waals surface area contributed by atoms with E-state index in [2.05, 4.69) is 5.32 Å². The van der Waals surface area contributed by atoms with Crippen LogP contribution in [0.2, 0.25) is 0 Å². The fourth-order valence-electron chi connectivity index (χ4n) is 5.44. The summed E-state index contributed by atoms with van der Waals surface area (Å²) >= 11 is 0. The van der Waals surface area contributed by atoms with Crippen molar-refractivity contribution in [2.45, 2.75) is 76.0 Å². The molecule has 2 saturated heterocycles. The van der Waals surface area contributed by atoms with Crippen molar-refractivity contribution in [2.24, 2.45) is 5.92 Å². The first-order valence-electron chi connectivity index (χ1n) is 14.7. The SMILES string of the molecule is CC(NC(=O)C(C)(F)F)C(Oc1ccc(C(=O)O[C@H]2CCCN(C(=O)[C@H]3COC(=O)C3)C2)cc1)c1ccc(C2CC2)cc1. The molecule has 2 heterocycles. The number of piperidine rings is 1. The van der Waals surface area contributed by atoms with E-state index in [0.717, 1.165) is 12.8 Å². The molecule has 4 atom stereocenters. The van der Waals surface area contributed by atoms with Crippen molar-refractivity contribution >= 4 is 23.8 Å². The molecule has 2 aromatic rings. The number of amides is 2. The number of likely N-dealkylation sites (tertiary alicyclic amines) is 1. The third-order valence-corrected chi connectivity index (χ3v) is 8.05. The zero-order valence-corrected chi connectivity index (χ0v) is 24.2. The molecular formula is C32H36F2N2O7. The highest BCUT2D eigenvalue weighted by Crippen LogP contribution is 2.40. The largest absolute Gasteiger partial charge is 0.484 e. The van der Waals surface area contributed by atoms with Crippen LogP contribution in [0.25, 0.3) is 0 Å². The molecule has 9 nitrogen and oxygen atoms in total. The maximum Gasteiger partial charge on any atom is 0.338 e. The van der Waals surface area contributed by atoms with Crippen LogP contribution in [-0.2, 0) is 23.9 Å². The van der Waals surface area contributed by atoms with E-state index in [1.807, 2.05) is 24.3 Å². The van der Waals surface area contributed by atoms with E-state index in [9.17, 15) is 28.0 Å². The van der Waals surface area contributed by atoms with Crippen LogP contribution in [0.5, 0.6) is 5.75 Å². The Balaban J connectivity index is 1.22. The minimum Gasteiger partial charge on any atom is -0.484 e. The number of carbonyl (C=O) groups excluding carboxylic acids is 4. The smallest absolute Gasteiger partial charge is 0.338 e. The molecule has 1 N–H and O–H groups in total. The summed E-state index contributed by atoms with van der Waals surface area (Å²) in [4.78, 5) is 50.7. The Morgan fingerprint density at radius 2 is 1.74 bits per heavy atom. The highest BCUT2D eigenvalue weighted by molar-refractivity contribution is 5.90. The molecule has 3 fully saturated rings. The number of hydrogen-bond acceptors (Lipinski definition) is 7. The van der Waals surface area contributed by atoms with E-state index in [1.54, 1.807) is 36.1 Å². The van der Waals surface area contributed by atoms with E-state index < -0.39 is 42.0 Å². The average Bonchev–Trinajstić information content (AvgIpc) is 3.75. The quantitative estimate of drug-likeness (QED) is 0.400. The lowest BCUT2D eigenvalue weighted by atomic mass is 10.00. The normalized spacial score (nSPS) is 21.9. The third kappa shape index (κ3) is 7.69. The number of rotatable bonds is 10. The number of alkyl halides is 2. The van der Waals surface area contributed by atoms with Crippen LogP contribution in [0.15, 0.2) is 48.5 Å². The zero-order chi connectivity index (χ0) is 30.7.